The third-order valence-electron chi connectivity index (χ3n) is 3.23. The van der Waals surface area contributed by atoms with Gasteiger partial charge in [0.05, 0.1) is 32.3 Å². The van der Waals surface area contributed by atoms with E-state index >= 15 is 0 Å². The van der Waals surface area contributed by atoms with Crippen molar-refractivity contribution in [1.82, 2.24) is 4.90 Å². The number of nitrogens with zero attached hydrogens (tertiary/aromatic N) is 1. The second-order valence-corrected chi connectivity index (χ2v) is 5.51. The highest BCUT2D eigenvalue weighted by Crippen LogP contribution is 2.18. The van der Waals surface area contributed by atoms with E-state index in [1.807, 2.05) is 0 Å². The van der Waals surface area contributed by atoms with Crippen molar-refractivity contribution in [2.75, 3.05) is 33.0 Å². The van der Waals surface area contributed by atoms with Crippen molar-refractivity contribution in [1.29, 1.82) is 0 Å². The van der Waals surface area contributed by atoms with E-state index in [1.165, 1.54) is 6.21 Å². The lowest BCUT2D eigenvalue weighted by Gasteiger charge is -2.11. The van der Waals surface area contributed by atoms with Crippen LogP contribution in [0.15, 0.2) is 0 Å². The van der Waals surface area contributed by atoms with Crippen molar-refractivity contribution in [3.63, 3.8) is 0 Å². The number of ether oxygens (including phenoxy) is 2. The van der Waals surface area contributed by atoms with Crippen molar-refractivity contribution in [2.45, 2.75) is 32.8 Å². The maximum absolute atomic E-state index is 11.7. The third kappa shape index (κ3) is 7.45. The molecule has 3 amide bonds. The normalized spacial score (nSPS) is 19.8. The second kappa shape index (κ2) is 10.2. The highest BCUT2D eigenvalue weighted by molar-refractivity contribution is 6.03. The fourth-order valence-corrected chi connectivity index (χ4v) is 2.04. The van der Waals surface area contributed by atoms with Crippen molar-refractivity contribution in [3.8, 4) is 0 Å². The largest absolute Gasteiger partial charge is 0.391 e. The lowest BCUT2D eigenvalue weighted by molar-refractivity contribution is -0.375. The molecule has 8 heteroatoms. The van der Waals surface area contributed by atoms with Gasteiger partial charge in [0.15, 0.2) is 6.21 Å². The molecule has 0 aliphatic carbocycles. The number of hydrogen-bond acceptors (Lipinski definition) is 6. The Morgan fingerprint density at radius 1 is 1.43 bits per heavy atom. The number of aliphatic hydroxyl groups is 1. The maximum atomic E-state index is 11.7. The summed E-state index contributed by atoms with van der Waals surface area (Å²) in [5, 5.41) is 8.97. The summed E-state index contributed by atoms with van der Waals surface area (Å²) in [5.74, 6) is -1.01. The summed E-state index contributed by atoms with van der Waals surface area (Å²) in [4.78, 5) is 38.5. The first-order valence-corrected chi connectivity index (χ1v) is 7.70. The van der Waals surface area contributed by atoms with Crippen LogP contribution in [0.5, 0.6) is 0 Å². The molecule has 0 aromatic carbocycles. The van der Waals surface area contributed by atoms with Crippen LogP contribution in [0.3, 0.4) is 0 Å². The zero-order valence-electron chi connectivity index (χ0n) is 13.6. The molecule has 2 atom stereocenters. The number of nitrogens with one attached hydrogen (secondary N) is 1. The Labute approximate surface area is 135 Å². The topological polar surface area (TPSA) is 107 Å². The first-order chi connectivity index (χ1) is 10.9. The summed E-state index contributed by atoms with van der Waals surface area (Å²) in [6.07, 6.45) is 1.25. The smallest absolute Gasteiger partial charge is 0.386 e. The quantitative estimate of drug-likeness (QED) is 0.269. The van der Waals surface area contributed by atoms with Crippen LogP contribution >= 0.6 is 0 Å². The van der Waals surface area contributed by atoms with Crippen LogP contribution in [0.25, 0.3) is 0 Å². The molecule has 2 N–H and O–H groups in total. The van der Waals surface area contributed by atoms with Gasteiger partial charge in [0.25, 0.3) is 0 Å². The molecule has 23 heavy (non-hydrogen) atoms. The van der Waals surface area contributed by atoms with E-state index < -0.39 is 6.10 Å². The number of amides is 3. The van der Waals surface area contributed by atoms with Crippen LogP contribution in [-0.4, -0.2) is 73.0 Å². The predicted octanol–water partition coefficient (Wildman–Crippen LogP) is -2.14. The minimum absolute atomic E-state index is 0.0677. The van der Waals surface area contributed by atoms with Gasteiger partial charge in [-0.15, -0.1) is 0 Å². The molecule has 130 valence electrons. The van der Waals surface area contributed by atoms with Crippen molar-refractivity contribution in [2.24, 2.45) is 5.92 Å². The van der Waals surface area contributed by atoms with E-state index in [-0.39, 0.29) is 56.2 Å². The molecule has 1 saturated heterocycles. The first-order valence-electron chi connectivity index (χ1n) is 7.70. The number of likely N-dealkylation sites (tertiary alicyclic amines) is 1. The van der Waals surface area contributed by atoms with Crippen LogP contribution in [0, 0.1) is 5.92 Å². The number of carbonyl (C=O) groups is 3. The third-order valence-corrected chi connectivity index (χ3v) is 3.23. The van der Waals surface area contributed by atoms with Crippen LogP contribution in [0.1, 0.15) is 26.7 Å². The summed E-state index contributed by atoms with van der Waals surface area (Å²) >= 11 is 0. The van der Waals surface area contributed by atoms with E-state index in [2.05, 4.69) is 4.99 Å². The van der Waals surface area contributed by atoms with Gasteiger partial charge >= 0.3 is 5.91 Å². The Morgan fingerprint density at radius 3 is 2.74 bits per heavy atom. The molecule has 0 saturated carbocycles. The number of aliphatic hydroxyl groups excluding tert-OH is 1. The van der Waals surface area contributed by atoms with Crippen molar-refractivity contribution in [3.05, 3.63) is 0 Å². The molecule has 1 rings (SSSR count). The van der Waals surface area contributed by atoms with Crippen LogP contribution in [0.2, 0.25) is 0 Å². The molecule has 8 nitrogen and oxygen atoms in total. The molecular weight excluding hydrogens is 304 g/mol. The molecule has 1 aliphatic rings. The molecular formula is C15H25N2O6+. The fraction of sp³-hybridized carbons (Fsp3) is 0.733. The van der Waals surface area contributed by atoms with Crippen molar-refractivity contribution >= 4 is 23.9 Å². The number of imide groups is 1. The van der Waals surface area contributed by atoms with Gasteiger partial charge in [0.1, 0.15) is 6.61 Å². The molecule has 1 heterocycles. The predicted molar refractivity (Wildman–Crippen MR) is 80.5 cm³/mol. The number of carbonyl (C=O) groups excluding carboxylic acids is 3. The Morgan fingerprint density at radius 2 is 2.13 bits per heavy atom. The Bertz CT molecular complexity index is 449. The standard InChI is InChI=1S/C15H24N2O6/c1-11-9-14(20)17(15(11)21)5-3-13(19)16-4-6-22-7-8-23-10-12(2)18/h4,11-12,18H,3,5-10H2,1-2H3/p+1. The van der Waals surface area contributed by atoms with Gasteiger partial charge in [-0.3, -0.25) is 14.5 Å². The van der Waals surface area contributed by atoms with E-state index in [1.54, 1.807) is 13.8 Å². The van der Waals surface area contributed by atoms with Gasteiger partial charge in [0.2, 0.25) is 11.8 Å². The summed E-state index contributed by atoms with van der Waals surface area (Å²) < 4.78 is 10.3. The summed E-state index contributed by atoms with van der Waals surface area (Å²) in [6, 6.07) is 0. The van der Waals surface area contributed by atoms with Crippen LogP contribution in [-0.2, 0) is 23.9 Å². The van der Waals surface area contributed by atoms with E-state index in [0.717, 1.165) is 4.90 Å². The Hall–Kier alpha value is -1.64. The second-order valence-electron chi connectivity index (χ2n) is 5.51. The maximum Gasteiger partial charge on any atom is 0.386 e. The zero-order chi connectivity index (χ0) is 17.2. The molecule has 0 spiro atoms. The lowest BCUT2D eigenvalue weighted by Crippen LogP contribution is -2.74. The van der Waals surface area contributed by atoms with E-state index in [4.69, 9.17) is 14.6 Å². The minimum Gasteiger partial charge on any atom is -0.391 e. The molecule has 0 aromatic heterocycles. The number of rotatable bonds is 10. The summed E-state index contributed by atoms with van der Waals surface area (Å²) in [6.45, 7) is 4.65. The Kier molecular flexibility index (Phi) is 8.60. The van der Waals surface area contributed by atoms with Crippen LogP contribution in [0.4, 0.5) is 0 Å². The lowest BCUT2D eigenvalue weighted by atomic mass is 10.1. The van der Waals surface area contributed by atoms with E-state index in [0.29, 0.717) is 13.2 Å². The highest BCUT2D eigenvalue weighted by atomic mass is 16.5. The van der Waals surface area contributed by atoms with Gasteiger partial charge in [0, 0.05) is 18.9 Å². The molecule has 0 radical (unpaired) electrons. The average Bonchev–Trinajstić information content (AvgIpc) is 2.72. The minimum atomic E-state index is -0.502. The molecule has 2 unspecified atom stereocenters. The van der Waals surface area contributed by atoms with Gasteiger partial charge in [-0.2, -0.15) is 4.99 Å². The monoisotopic (exact) mass is 329 g/mol. The van der Waals surface area contributed by atoms with Gasteiger partial charge < -0.3 is 14.6 Å². The zero-order valence-corrected chi connectivity index (χ0v) is 13.6. The SMILES string of the molecule is CC(O)COCCOCC=[NH+]C(=O)CCN1C(=O)CC(C)C1=O. The number of hydrogen-bond donors (Lipinski definition) is 2. The Balaban J connectivity index is 2.10. The molecule has 1 fully saturated rings. The first kappa shape index (κ1) is 19.4. The summed E-state index contributed by atoms with van der Waals surface area (Å²) in [5.41, 5.74) is 0. The van der Waals surface area contributed by atoms with Crippen LogP contribution < -0.4 is 4.99 Å². The summed E-state index contributed by atoms with van der Waals surface area (Å²) in [7, 11) is 0. The van der Waals surface area contributed by atoms with E-state index in [9.17, 15) is 14.4 Å². The molecule has 0 aromatic rings. The average molecular weight is 329 g/mol. The van der Waals surface area contributed by atoms with Gasteiger partial charge in [-0.1, -0.05) is 6.92 Å². The van der Waals surface area contributed by atoms with Gasteiger partial charge in [-0.25, -0.2) is 4.79 Å². The van der Waals surface area contributed by atoms with Crippen molar-refractivity contribution < 1.29 is 34.0 Å². The highest BCUT2D eigenvalue weighted by Gasteiger charge is 2.35. The molecule has 1 aliphatic heterocycles. The fourth-order valence-electron chi connectivity index (χ4n) is 2.04. The van der Waals surface area contributed by atoms with Gasteiger partial charge in [-0.05, 0) is 6.92 Å². The molecule has 0 bridgehead atoms.